The SMILES string of the molecule is CCC(CC)n1ccc(CSC(C)CCN)n1. The van der Waals surface area contributed by atoms with Gasteiger partial charge in [-0.1, -0.05) is 20.8 Å². The van der Waals surface area contributed by atoms with Crippen LogP contribution in [0.3, 0.4) is 0 Å². The smallest absolute Gasteiger partial charge is 0.0723 e. The minimum atomic E-state index is 0.551. The van der Waals surface area contributed by atoms with E-state index >= 15 is 0 Å². The highest BCUT2D eigenvalue weighted by molar-refractivity contribution is 7.99. The summed E-state index contributed by atoms with van der Waals surface area (Å²) in [5.74, 6) is 0.994. The molecule has 0 aliphatic carbocycles. The molecule has 0 saturated carbocycles. The minimum absolute atomic E-state index is 0.551. The van der Waals surface area contributed by atoms with Gasteiger partial charge < -0.3 is 5.73 Å². The van der Waals surface area contributed by atoms with Crippen LogP contribution < -0.4 is 5.73 Å². The topological polar surface area (TPSA) is 43.8 Å². The number of hydrogen-bond donors (Lipinski definition) is 1. The zero-order valence-corrected chi connectivity index (χ0v) is 12.0. The van der Waals surface area contributed by atoms with Gasteiger partial charge in [0.15, 0.2) is 0 Å². The molecule has 0 spiro atoms. The van der Waals surface area contributed by atoms with Crippen LogP contribution in [0.5, 0.6) is 0 Å². The molecular formula is C13H25N3S. The Morgan fingerprint density at radius 2 is 2.12 bits per heavy atom. The molecule has 2 N–H and O–H groups in total. The van der Waals surface area contributed by atoms with E-state index in [0.717, 1.165) is 31.6 Å². The summed E-state index contributed by atoms with van der Waals surface area (Å²) in [6.07, 6.45) is 5.49. The Kier molecular flexibility index (Phi) is 6.66. The zero-order chi connectivity index (χ0) is 12.7. The number of aromatic nitrogens is 2. The van der Waals surface area contributed by atoms with Crippen molar-refractivity contribution in [3.8, 4) is 0 Å². The molecule has 3 nitrogen and oxygen atoms in total. The Morgan fingerprint density at radius 1 is 1.41 bits per heavy atom. The third-order valence-electron chi connectivity index (χ3n) is 3.07. The Bertz CT molecular complexity index is 307. The average molecular weight is 255 g/mol. The van der Waals surface area contributed by atoms with Crippen LogP contribution in [0.25, 0.3) is 0 Å². The highest BCUT2D eigenvalue weighted by Gasteiger charge is 2.09. The molecule has 1 aromatic heterocycles. The van der Waals surface area contributed by atoms with E-state index in [-0.39, 0.29) is 0 Å². The molecule has 0 fully saturated rings. The molecule has 1 rings (SSSR count). The molecule has 0 bridgehead atoms. The number of nitrogens with zero attached hydrogens (tertiary/aromatic N) is 2. The fourth-order valence-electron chi connectivity index (χ4n) is 1.87. The van der Waals surface area contributed by atoms with Crippen LogP contribution in [0, 0.1) is 0 Å². The van der Waals surface area contributed by atoms with Gasteiger partial charge in [-0.25, -0.2) is 0 Å². The van der Waals surface area contributed by atoms with Crippen LogP contribution in [-0.2, 0) is 5.75 Å². The normalized spacial score (nSPS) is 13.2. The van der Waals surface area contributed by atoms with E-state index in [1.165, 1.54) is 5.69 Å². The second kappa shape index (κ2) is 7.77. The number of rotatable bonds is 8. The molecule has 1 unspecified atom stereocenters. The van der Waals surface area contributed by atoms with Gasteiger partial charge in [0.2, 0.25) is 0 Å². The zero-order valence-electron chi connectivity index (χ0n) is 11.2. The molecule has 1 aromatic rings. The molecule has 0 radical (unpaired) electrons. The monoisotopic (exact) mass is 255 g/mol. The van der Waals surface area contributed by atoms with Crippen molar-refractivity contribution in [1.82, 2.24) is 9.78 Å². The lowest BCUT2D eigenvalue weighted by molar-refractivity contribution is 0.426. The van der Waals surface area contributed by atoms with E-state index in [4.69, 9.17) is 5.73 Å². The maximum atomic E-state index is 5.55. The first-order chi connectivity index (χ1) is 8.21. The van der Waals surface area contributed by atoms with Crippen LogP contribution in [0.4, 0.5) is 0 Å². The Hall–Kier alpha value is -0.480. The van der Waals surface area contributed by atoms with Gasteiger partial charge in [-0.15, -0.1) is 0 Å². The summed E-state index contributed by atoms with van der Waals surface area (Å²) in [5.41, 5.74) is 6.73. The number of nitrogens with two attached hydrogens (primary N) is 1. The van der Waals surface area contributed by atoms with Gasteiger partial charge in [-0.2, -0.15) is 16.9 Å². The lowest BCUT2D eigenvalue weighted by atomic mass is 10.2. The minimum Gasteiger partial charge on any atom is -0.330 e. The van der Waals surface area contributed by atoms with E-state index in [1.807, 2.05) is 11.8 Å². The highest BCUT2D eigenvalue weighted by atomic mass is 32.2. The fraction of sp³-hybridized carbons (Fsp3) is 0.769. The van der Waals surface area contributed by atoms with Gasteiger partial charge in [-0.05, 0) is 31.9 Å². The Labute approximate surface area is 109 Å². The van der Waals surface area contributed by atoms with Crippen LogP contribution in [-0.4, -0.2) is 21.6 Å². The molecule has 4 heteroatoms. The predicted molar refractivity (Wildman–Crippen MR) is 76.3 cm³/mol. The average Bonchev–Trinajstić information content (AvgIpc) is 2.77. The molecule has 0 amide bonds. The summed E-state index contributed by atoms with van der Waals surface area (Å²) in [6.45, 7) is 7.44. The van der Waals surface area contributed by atoms with E-state index < -0.39 is 0 Å². The summed E-state index contributed by atoms with van der Waals surface area (Å²) in [7, 11) is 0. The van der Waals surface area contributed by atoms with E-state index in [9.17, 15) is 0 Å². The quantitative estimate of drug-likeness (QED) is 0.775. The number of thioether (sulfide) groups is 1. The van der Waals surface area contributed by atoms with Crippen molar-refractivity contribution in [2.45, 2.75) is 57.1 Å². The molecule has 0 aliphatic rings. The van der Waals surface area contributed by atoms with Crippen molar-refractivity contribution in [2.75, 3.05) is 6.54 Å². The molecule has 1 heterocycles. The molecule has 0 saturated heterocycles. The third-order valence-corrected chi connectivity index (χ3v) is 4.34. The summed E-state index contributed by atoms with van der Waals surface area (Å²) in [5, 5.41) is 5.27. The second-order valence-electron chi connectivity index (χ2n) is 4.46. The fourth-order valence-corrected chi connectivity index (χ4v) is 2.78. The first-order valence-electron chi connectivity index (χ1n) is 6.56. The van der Waals surface area contributed by atoms with Gasteiger partial charge in [0.25, 0.3) is 0 Å². The van der Waals surface area contributed by atoms with Crippen LogP contribution in [0.1, 0.15) is 51.8 Å². The van der Waals surface area contributed by atoms with Crippen LogP contribution >= 0.6 is 11.8 Å². The molecule has 1 atom stereocenters. The van der Waals surface area contributed by atoms with Crippen molar-refractivity contribution in [1.29, 1.82) is 0 Å². The molecule has 0 aromatic carbocycles. The van der Waals surface area contributed by atoms with Crippen LogP contribution in [0.15, 0.2) is 12.3 Å². The third kappa shape index (κ3) is 4.72. The van der Waals surface area contributed by atoms with E-state index in [2.05, 4.69) is 42.8 Å². The van der Waals surface area contributed by atoms with Gasteiger partial charge >= 0.3 is 0 Å². The first-order valence-corrected chi connectivity index (χ1v) is 7.61. The second-order valence-corrected chi connectivity index (χ2v) is 5.88. The number of hydrogen-bond acceptors (Lipinski definition) is 3. The Morgan fingerprint density at radius 3 is 2.71 bits per heavy atom. The first kappa shape index (κ1) is 14.6. The predicted octanol–water partition coefficient (Wildman–Crippen LogP) is 3.21. The molecule has 17 heavy (non-hydrogen) atoms. The van der Waals surface area contributed by atoms with Gasteiger partial charge in [0.05, 0.1) is 11.7 Å². The van der Waals surface area contributed by atoms with Crippen molar-refractivity contribution >= 4 is 11.8 Å². The van der Waals surface area contributed by atoms with E-state index in [1.54, 1.807) is 0 Å². The summed E-state index contributed by atoms with van der Waals surface area (Å²) >= 11 is 1.94. The van der Waals surface area contributed by atoms with Crippen molar-refractivity contribution in [3.63, 3.8) is 0 Å². The highest BCUT2D eigenvalue weighted by Crippen LogP contribution is 2.20. The molecule has 0 aliphatic heterocycles. The standard InChI is InChI=1S/C13H25N3S/c1-4-13(5-2)16-9-7-12(15-16)10-17-11(3)6-8-14/h7,9,11,13H,4-6,8,10,14H2,1-3H3. The Balaban J connectivity index is 2.45. The summed E-state index contributed by atoms with van der Waals surface area (Å²) in [6, 6.07) is 2.69. The maximum absolute atomic E-state index is 5.55. The van der Waals surface area contributed by atoms with E-state index in [0.29, 0.717) is 11.3 Å². The van der Waals surface area contributed by atoms with Crippen molar-refractivity contribution in [2.24, 2.45) is 5.73 Å². The van der Waals surface area contributed by atoms with Crippen molar-refractivity contribution in [3.05, 3.63) is 18.0 Å². The largest absolute Gasteiger partial charge is 0.330 e. The van der Waals surface area contributed by atoms with Gasteiger partial charge in [0.1, 0.15) is 0 Å². The van der Waals surface area contributed by atoms with Gasteiger partial charge in [-0.3, -0.25) is 4.68 Å². The summed E-state index contributed by atoms with van der Waals surface area (Å²) < 4.78 is 2.11. The molecular weight excluding hydrogens is 230 g/mol. The maximum Gasteiger partial charge on any atom is 0.0723 e. The van der Waals surface area contributed by atoms with Crippen molar-refractivity contribution < 1.29 is 0 Å². The summed E-state index contributed by atoms with van der Waals surface area (Å²) in [4.78, 5) is 0. The lowest BCUT2D eigenvalue weighted by Gasteiger charge is -2.12. The molecule has 98 valence electrons. The van der Waals surface area contributed by atoms with Crippen LogP contribution in [0.2, 0.25) is 0 Å². The van der Waals surface area contributed by atoms with Gasteiger partial charge in [0, 0.05) is 17.2 Å². The lowest BCUT2D eigenvalue weighted by Crippen LogP contribution is -2.09.